The summed E-state index contributed by atoms with van der Waals surface area (Å²) in [5.41, 5.74) is 1.14. The molecule has 0 radical (unpaired) electrons. The van der Waals surface area contributed by atoms with E-state index in [0.717, 1.165) is 0 Å². The van der Waals surface area contributed by atoms with Crippen molar-refractivity contribution in [1.82, 2.24) is 0 Å². The van der Waals surface area contributed by atoms with Gasteiger partial charge < -0.3 is 20.1 Å². The van der Waals surface area contributed by atoms with Crippen LogP contribution in [0.25, 0.3) is 0 Å². The number of benzene rings is 2. The predicted octanol–water partition coefficient (Wildman–Crippen LogP) is 3.69. The lowest BCUT2D eigenvalue weighted by Crippen LogP contribution is -2.27. The molecule has 6 heteroatoms. The van der Waals surface area contributed by atoms with E-state index in [1.807, 2.05) is 20.8 Å². The molecule has 0 spiro atoms. The molecule has 2 amide bonds. The molecular formula is C20H22N2O4. The van der Waals surface area contributed by atoms with Gasteiger partial charge in [0.2, 0.25) is 5.91 Å². The molecule has 0 bridgehead atoms. The van der Waals surface area contributed by atoms with Crippen molar-refractivity contribution in [1.29, 1.82) is 0 Å². The van der Waals surface area contributed by atoms with E-state index >= 15 is 0 Å². The Labute approximate surface area is 152 Å². The summed E-state index contributed by atoms with van der Waals surface area (Å²) in [6.45, 7) is 6.51. The SMILES string of the molecule is CC(C)(C)C(=O)Nc1cccc(C(=O)Nc2ccc3c(c2)OCCO3)c1. The van der Waals surface area contributed by atoms with Crippen LogP contribution in [0.15, 0.2) is 42.5 Å². The number of carbonyl (C=O) groups excluding carboxylic acids is 2. The Bertz CT molecular complexity index is 840. The fraction of sp³-hybridized carbons (Fsp3) is 0.300. The number of amides is 2. The van der Waals surface area contributed by atoms with Gasteiger partial charge in [0, 0.05) is 28.4 Å². The van der Waals surface area contributed by atoms with E-state index in [-0.39, 0.29) is 11.8 Å². The van der Waals surface area contributed by atoms with Crippen molar-refractivity contribution in [3.05, 3.63) is 48.0 Å². The lowest BCUT2D eigenvalue weighted by Gasteiger charge is -2.19. The van der Waals surface area contributed by atoms with Crippen LogP contribution in [-0.2, 0) is 4.79 Å². The third kappa shape index (κ3) is 4.14. The predicted molar refractivity (Wildman–Crippen MR) is 99.9 cm³/mol. The maximum absolute atomic E-state index is 12.5. The summed E-state index contributed by atoms with van der Waals surface area (Å²) in [5.74, 6) is 0.900. The molecule has 1 aliphatic rings. The van der Waals surface area contributed by atoms with Crippen molar-refractivity contribution in [2.75, 3.05) is 23.8 Å². The lowest BCUT2D eigenvalue weighted by molar-refractivity contribution is -0.123. The van der Waals surface area contributed by atoms with Crippen molar-refractivity contribution in [2.45, 2.75) is 20.8 Å². The zero-order chi connectivity index (χ0) is 18.7. The van der Waals surface area contributed by atoms with Gasteiger partial charge in [0.05, 0.1) is 0 Å². The van der Waals surface area contributed by atoms with Crippen LogP contribution in [0.3, 0.4) is 0 Å². The monoisotopic (exact) mass is 354 g/mol. The summed E-state index contributed by atoms with van der Waals surface area (Å²) in [6, 6.07) is 12.1. The Morgan fingerprint density at radius 3 is 2.31 bits per heavy atom. The summed E-state index contributed by atoms with van der Waals surface area (Å²) in [4.78, 5) is 24.6. The van der Waals surface area contributed by atoms with E-state index in [2.05, 4.69) is 10.6 Å². The van der Waals surface area contributed by atoms with Crippen LogP contribution in [0, 0.1) is 5.41 Å². The highest BCUT2D eigenvalue weighted by Gasteiger charge is 2.21. The Morgan fingerprint density at radius 1 is 0.885 bits per heavy atom. The lowest BCUT2D eigenvalue weighted by atomic mass is 9.95. The fourth-order valence-corrected chi connectivity index (χ4v) is 2.38. The van der Waals surface area contributed by atoms with Gasteiger partial charge >= 0.3 is 0 Å². The van der Waals surface area contributed by atoms with Gasteiger partial charge in [0.1, 0.15) is 13.2 Å². The smallest absolute Gasteiger partial charge is 0.255 e. The Hall–Kier alpha value is -3.02. The quantitative estimate of drug-likeness (QED) is 0.881. The van der Waals surface area contributed by atoms with Crippen molar-refractivity contribution in [3.8, 4) is 11.5 Å². The highest BCUT2D eigenvalue weighted by molar-refractivity contribution is 6.05. The molecule has 2 aromatic rings. The van der Waals surface area contributed by atoms with Crippen LogP contribution in [0.2, 0.25) is 0 Å². The second-order valence-electron chi connectivity index (χ2n) is 7.10. The maximum Gasteiger partial charge on any atom is 0.255 e. The maximum atomic E-state index is 12.5. The topological polar surface area (TPSA) is 76.7 Å². The van der Waals surface area contributed by atoms with Crippen molar-refractivity contribution < 1.29 is 19.1 Å². The van der Waals surface area contributed by atoms with E-state index < -0.39 is 5.41 Å². The van der Waals surface area contributed by atoms with E-state index in [1.165, 1.54) is 0 Å². The van der Waals surface area contributed by atoms with E-state index in [4.69, 9.17) is 9.47 Å². The van der Waals surface area contributed by atoms with E-state index in [0.29, 0.717) is 41.7 Å². The molecule has 0 fully saturated rings. The molecular weight excluding hydrogens is 332 g/mol. The van der Waals surface area contributed by atoms with Gasteiger partial charge in [-0.25, -0.2) is 0 Å². The van der Waals surface area contributed by atoms with Crippen LogP contribution in [-0.4, -0.2) is 25.0 Å². The number of fused-ring (bicyclic) bond motifs is 1. The van der Waals surface area contributed by atoms with Crippen molar-refractivity contribution in [3.63, 3.8) is 0 Å². The first-order chi connectivity index (χ1) is 12.3. The first-order valence-electron chi connectivity index (χ1n) is 8.45. The largest absolute Gasteiger partial charge is 0.486 e. The number of ether oxygens (including phenoxy) is 2. The summed E-state index contributed by atoms with van der Waals surface area (Å²) < 4.78 is 11.0. The minimum atomic E-state index is -0.510. The van der Waals surface area contributed by atoms with Gasteiger partial charge in [-0.1, -0.05) is 26.8 Å². The highest BCUT2D eigenvalue weighted by atomic mass is 16.6. The summed E-state index contributed by atoms with van der Waals surface area (Å²) in [7, 11) is 0. The molecule has 0 aliphatic carbocycles. The van der Waals surface area contributed by atoms with Crippen LogP contribution < -0.4 is 20.1 Å². The third-order valence-electron chi connectivity index (χ3n) is 3.86. The van der Waals surface area contributed by atoms with Crippen LogP contribution in [0.4, 0.5) is 11.4 Å². The normalized spacial score (nSPS) is 13.0. The van der Waals surface area contributed by atoms with Gasteiger partial charge in [-0.3, -0.25) is 9.59 Å². The second kappa shape index (κ2) is 7.07. The molecule has 0 saturated heterocycles. The standard InChI is InChI=1S/C20H22N2O4/c1-20(2,3)19(24)22-14-6-4-5-13(11-14)18(23)21-15-7-8-16-17(12-15)26-10-9-25-16/h4-8,11-12H,9-10H2,1-3H3,(H,21,23)(H,22,24). The second-order valence-corrected chi connectivity index (χ2v) is 7.10. The molecule has 0 saturated carbocycles. The molecule has 1 heterocycles. The first-order valence-corrected chi connectivity index (χ1v) is 8.45. The average molecular weight is 354 g/mol. The van der Waals surface area contributed by atoms with Gasteiger partial charge in [-0.05, 0) is 30.3 Å². The van der Waals surface area contributed by atoms with Crippen LogP contribution >= 0.6 is 0 Å². The van der Waals surface area contributed by atoms with Gasteiger partial charge in [-0.15, -0.1) is 0 Å². The zero-order valence-corrected chi connectivity index (χ0v) is 15.1. The minimum Gasteiger partial charge on any atom is -0.486 e. The number of anilines is 2. The van der Waals surface area contributed by atoms with E-state index in [1.54, 1.807) is 42.5 Å². The molecule has 0 aromatic heterocycles. The first kappa shape index (κ1) is 17.8. The highest BCUT2D eigenvalue weighted by Crippen LogP contribution is 2.32. The van der Waals surface area contributed by atoms with Crippen LogP contribution in [0.1, 0.15) is 31.1 Å². The average Bonchev–Trinajstić information content (AvgIpc) is 2.61. The third-order valence-corrected chi connectivity index (χ3v) is 3.86. The Morgan fingerprint density at radius 2 is 1.58 bits per heavy atom. The molecule has 3 rings (SSSR count). The van der Waals surface area contributed by atoms with Crippen molar-refractivity contribution >= 4 is 23.2 Å². The molecule has 6 nitrogen and oxygen atoms in total. The summed E-state index contributed by atoms with van der Waals surface area (Å²) in [5, 5.41) is 5.66. The van der Waals surface area contributed by atoms with Crippen LogP contribution in [0.5, 0.6) is 11.5 Å². The summed E-state index contributed by atoms with van der Waals surface area (Å²) >= 11 is 0. The van der Waals surface area contributed by atoms with Gasteiger partial charge in [-0.2, -0.15) is 0 Å². The number of hydrogen-bond donors (Lipinski definition) is 2. The fourth-order valence-electron chi connectivity index (χ4n) is 2.38. The number of hydrogen-bond acceptors (Lipinski definition) is 4. The molecule has 0 atom stereocenters. The summed E-state index contributed by atoms with van der Waals surface area (Å²) in [6.07, 6.45) is 0. The Balaban J connectivity index is 1.72. The van der Waals surface area contributed by atoms with Crippen molar-refractivity contribution in [2.24, 2.45) is 5.41 Å². The van der Waals surface area contributed by atoms with E-state index in [9.17, 15) is 9.59 Å². The molecule has 136 valence electrons. The number of nitrogens with one attached hydrogen (secondary N) is 2. The molecule has 1 aliphatic heterocycles. The van der Waals surface area contributed by atoms with Gasteiger partial charge in [0.25, 0.3) is 5.91 Å². The number of rotatable bonds is 3. The Kier molecular flexibility index (Phi) is 4.84. The molecule has 2 N–H and O–H groups in total. The zero-order valence-electron chi connectivity index (χ0n) is 15.1. The molecule has 0 unspecified atom stereocenters. The minimum absolute atomic E-state index is 0.109. The molecule has 26 heavy (non-hydrogen) atoms. The molecule has 2 aromatic carbocycles. The van der Waals surface area contributed by atoms with Gasteiger partial charge in [0.15, 0.2) is 11.5 Å². The number of carbonyl (C=O) groups is 2.